The van der Waals surface area contributed by atoms with Gasteiger partial charge >= 0.3 is 22.9 Å². The molecule has 0 atom stereocenters. The van der Waals surface area contributed by atoms with E-state index < -0.39 is 192 Å². The standard InChI is InChI=1S/C19H28F4O.C9H6F6.C7H3F5.C7H5NO3S.C6H3BF5.C6H8B.C2H5F.3C2H6O3S.FHO3S/c1-3-4-5-6-7-8-9-10-11-12-13-24-19-17(22)15(20)14(2)16(21)18(19)23;1-5-2-6(8(10,11)12)4-7(3-5)9(13,14)15;1-2-3(8)5(10)7(12)6(11)4(2)9;9-7-5-3-1-2-4-6(5)12(10,11)8-7;7-1-2(8)4(10)6(12)5(11)3(1)9;7-6-4-2-1-3-5-6;1-2-3;3*1-2-6(3,4)5;1-5(2,3)4/h3-13H2,1-2H3;2-4H,1H3;1H3;1-4H,(H,8,9);7H3;1-5H,7H3;2H2,1H3;3*2H2,1H3,(H,3,4,5);(H,2,3,4)/q;;;;2*-1;;;;;. The summed E-state index contributed by atoms with van der Waals surface area (Å²) < 4.78 is 405. The molecule has 7 rings (SSSR count). The molecule has 0 fully saturated rings. The van der Waals surface area contributed by atoms with Gasteiger partial charge in [-0.3, -0.25) is 27.4 Å². The Kier molecular flexibility index (Phi) is 50.1. The van der Waals surface area contributed by atoms with E-state index >= 15 is 0 Å². The summed E-state index contributed by atoms with van der Waals surface area (Å²) in [4.78, 5) is 11.1. The monoisotopic (exact) mass is 1690 g/mol. The van der Waals surface area contributed by atoms with Crippen LogP contribution in [0.15, 0.2) is 77.7 Å². The number of fused-ring (bicyclic) bond motifs is 1. The van der Waals surface area contributed by atoms with Crippen LogP contribution in [-0.2, 0) is 63.2 Å². The fourth-order valence-corrected chi connectivity index (χ4v) is 7.57. The summed E-state index contributed by atoms with van der Waals surface area (Å²) in [5.41, 5.74) is -3.00. The Morgan fingerprint density at radius 3 is 1.01 bits per heavy atom. The molecule has 0 bridgehead atoms. The number of aryl methyl sites for hydroxylation is 1. The predicted octanol–water partition coefficient (Wildman–Crippen LogP) is 14.2. The molecule has 6 aromatic rings. The van der Waals surface area contributed by atoms with Crippen LogP contribution in [0.4, 0.5) is 96.1 Å². The lowest BCUT2D eigenvalue weighted by Gasteiger charge is -2.12. The number of benzene rings is 6. The number of carbonyl (C=O) groups is 1. The van der Waals surface area contributed by atoms with E-state index in [2.05, 4.69) is 37.3 Å². The molecule has 1 amide bonds. The van der Waals surface area contributed by atoms with Crippen LogP contribution in [0.1, 0.15) is 137 Å². The van der Waals surface area contributed by atoms with E-state index in [1.807, 2.05) is 4.72 Å². The number of sulfonamides is 1. The number of alkyl halides is 7. The third-order valence-corrected chi connectivity index (χ3v) is 15.3. The Labute approximate surface area is 612 Å². The van der Waals surface area contributed by atoms with Crippen LogP contribution in [0.2, 0.25) is 0 Å². The molecule has 108 heavy (non-hydrogen) atoms. The largest absolute Gasteiger partial charge is 0.487 e. The van der Waals surface area contributed by atoms with Crippen molar-refractivity contribution >= 4 is 83.4 Å². The number of amides is 1. The summed E-state index contributed by atoms with van der Waals surface area (Å²) in [6.45, 7) is 10.6. The zero-order valence-electron chi connectivity index (χ0n) is 56.6. The number of nitrogens with one attached hydrogen (secondary N) is 1. The van der Waals surface area contributed by atoms with Crippen molar-refractivity contribution in [3.63, 3.8) is 0 Å². The van der Waals surface area contributed by atoms with Crippen molar-refractivity contribution in [3.05, 3.63) is 188 Å². The van der Waals surface area contributed by atoms with Crippen LogP contribution in [0.3, 0.4) is 0 Å². The van der Waals surface area contributed by atoms with Gasteiger partial charge in [0, 0.05) is 11.1 Å². The van der Waals surface area contributed by atoms with Gasteiger partial charge in [0.25, 0.3) is 46.3 Å². The molecule has 0 aliphatic carbocycles. The summed E-state index contributed by atoms with van der Waals surface area (Å²) in [7, 11) is -20.3. The molecule has 17 nitrogen and oxygen atoms in total. The maximum absolute atomic E-state index is 13.6. The zero-order valence-corrected chi connectivity index (χ0v) is 60.7. The predicted molar refractivity (Wildman–Crippen MR) is 364 cm³/mol. The van der Waals surface area contributed by atoms with E-state index in [0.717, 1.165) is 33.1 Å². The third-order valence-electron chi connectivity index (χ3n) is 11.7. The molecule has 0 saturated heterocycles. The Morgan fingerprint density at radius 1 is 0.444 bits per heavy atom. The normalized spacial score (nSPS) is 11.9. The molecule has 1 heterocycles. The molecule has 0 saturated carbocycles. The highest BCUT2D eigenvalue weighted by atomic mass is 32.3. The Hall–Kier alpha value is -7.23. The van der Waals surface area contributed by atoms with Crippen molar-refractivity contribution in [1.29, 1.82) is 0 Å². The van der Waals surface area contributed by atoms with Gasteiger partial charge in [-0.05, 0) is 106 Å². The van der Waals surface area contributed by atoms with E-state index in [-0.39, 0.29) is 52.6 Å². The molecule has 6 aromatic carbocycles. The van der Waals surface area contributed by atoms with Crippen LogP contribution in [0.5, 0.6) is 5.75 Å². The smallest absolute Gasteiger partial charge is 0.435 e. The van der Waals surface area contributed by atoms with Gasteiger partial charge in [0.1, 0.15) is 16.5 Å². The number of rotatable bonds is 15. The van der Waals surface area contributed by atoms with Gasteiger partial charge in [-0.15, -0.1) is 5.46 Å². The van der Waals surface area contributed by atoms with Crippen LogP contribution < -0.4 is 20.4 Å². The molecule has 0 radical (unpaired) electrons. The van der Waals surface area contributed by atoms with Gasteiger partial charge in [0.15, 0.2) is 58.1 Å². The van der Waals surface area contributed by atoms with Crippen LogP contribution in [0.25, 0.3) is 0 Å². The van der Waals surface area contributed by atoms with Crippen molar-refractivity contribution in [2.75, 3.05) is 30.5 Å². The van der Waals surface area contributed by atoms with E-state index in [9.17, 15) is 135 Å². The maximum Gasteiger partial charge on any atom is 0.435 e. The molecule has 0 spiro atoms. The van der Waals surface area contributed by atoms with Crippen molar-refractivity contribution in [2.45, 2.75) is 137 Å². The van der Waals surface area contributed by atoms with E-state index in [1.165, 1.54) is 85.3 Å². The summed E-state index contributed by atoms with van der Waals surface area (Å²) >= 11 is 0. The number of halogens is 22. The van der Waals surface area contributed by atoms with Crippen molar-refractivity contribution in [3.8, 4) is 5.75 Å². The number of carbonyl (C=O) groups excluding carboxylic acids is 1. The molecule has 1 aliphatic heterocycles. The molecule has 46 heteroatoms. The number of hydrogen-bond donors (Lipinski definition) is 5. The highest BCUT2D eigenvalue weighted by Gasteiger charge is 2.37. The maximum atomic E-state index is 13.6. The highest BCUT2D eigenvalue weighted by Crippen LogP contribution is 2.36. The van der Waals surface area contributed by atoms with Crippen LogP contribution in [-0.4, -0.2) is 112 Å². The van der Waals surface area contributed by atoms with Crippen LogP contribution in [0, 0.1) is 102 Å². The average Bonchev–Trinajstić information content (AvgIpc) is 1.60. The minimum atomic E-state index is -5.17. The SMILES string of the molecule is CCCCCCCCCCCCOc1c(F)c(F)c(C)c(F)c1F.CCF.CCS(=O)(=O)O.CCS(=O)(=O)O.CCS(=O)(=O)O.Cc1c(F)c(F)c(F)c(F)c1F.Cc1cc(C(F)(F)F)cc(C(F)(F)F)c1.O=C1NS(=O)(=O)c2ccccc21.O=S(=O)(O)F.[BH3-]c1c(F)c(F)c(F)c(F)c1F.[BH3-]c1ccccc1. The fraction of sp³-hybridized carbons (Fsp3) is 0.403. The van der Waals surface area contributed by atoms with Crippen molar-refractivity contribution < 1.29 is 166 Å². The van der Waals surface area contributed by atoms with Crippen LogP contribution >= 0.6 is 0 Å². The van der Waals surface area contributed by atoms with E-state index in [0.29, 0.717) is 26.4 Å². The molecule has 0 aromatic heterocycles. The third kappa shape index (κ3) is 45.0. The quantitative estimate of drug-likeness (QED) is 0.0121. The Morgan fingerprint density at radius 2 is 0.722 bits per heavy atom. The minimum Gasteiger partial charge on any atom is -0.487 e. The molecule has 5 N–H and O–H groups in total. The Balaban J connectivity index is -0.000000575. The number of unbranched alkanes of at least 4 members (excludes halogenated alkanes) is 9. The lowest BCUT2D eigenvalue weighted by Crippen LogP contribution is -2.20. The average molecular weight is 1690 g/mol. The fourth-order valence-electron chi connectivity index (χ4n) is 6.39. The lowest BCUT2D eigenvalue weighted by molar-refractivity contribution is -0.143. The molecule has 0 unspecified atom stereocenters. The first-order chi connectivity index (χ1) is 49.1. The minimum absolute atomic E-state index is 0.0479. The van der Waals surface area contributed by atoms with Gasteiger partial charge < -0.3 is 4.74 Å². The number of hydrogen-bond acceptors (Lipinski definition) is 12. The van der Waals surface area contributed by atoms with Gasteiger partial charge in [-0.25, -0.2) is 71.3 Å². The summed E-state index contributed by atoms with van der Waals surface area (Å²) in [5.74, 6) is -26.5. The first-order valence-corrected chi connectivity index (χ1v) is 37.2. The van der Waals surface area contributed by atoms with E-state index in [1.54, 1.807) is 17.6 Å². The van der Waals surface area contributed by atoms with E-state index in [4.69, 9.17) is 31.4 Å². The van der Waals surface area contributed by atoms with Gasteiger partial charge in [0.05, 0.1) is 47.2 Å². The second-order valence-corrected chi connectivity index (χ2v) is 27.7. The summed E-state index contributed by atoms with van der Waals surface area (Å²) in [6.07, 6.45) is 1.67. The Bertz CT molecular complexity index is 3960. The second kappa shape index (κ2) is 50.5. The first-order valence-electron chi connectivity index (χ1n) is 29.6. The first kappa shape index (κ1) is 107. The highest BCUT2D eigenvalue weighted by molar-refractivity contribution is 7.90. The van der Waals surface area contributed by atoms with Crippen molar-refractivity contribution in [1.82, 2.24) is 4.72 Å². The summed E-state index contributed by atoms with van der Waals surface area (Å²) in [5, 5.41) is 0. The molecule has 618 valence electrons. The number of ether oxygens (including phenoxy) is 1. The zero-order chi connectivity index (χ0) is 85.4. The molecule has 1 aliphatic rings. The molecular formula is C62H77B2F22NO16S5-2. The molecular weight excluding hydrogens is 1610 g/mol. The van der Waals surface area contributed by atoms with Crippen molar-refractivity contribution in [2.24, 2.45) is 0 Å². The summed E-state index contributed by atoms with van der Waals surface area (Å²) in [6, 6.07) is 18.2. The second-order valence-electron chi connectivity index (χ2n) is 20.0. The van der Waals surface area contributed by atoms with Gasteiger partial charge in [0.2, 0.25) is 17.5 Å². The van der Waals surface area contributed by atoms with Gasteiger partial charge in [-0.2, -0.15) is 68.8 Å². The topological polar surface area (TPSA) is 290 Å². The van der Waals surface area contributed by atoms with Gasteiger partial charge in [-0.1, -0.05) is 111 Å². The lowest BCUT2D eigenvalue weighted by atomic mass is 9.94.